The minimum Gasteiger partial charge on any atom is -0.378 e. The van der Waals surface area contributed by atoms with Gasteiger partial charge in [0.2, 0.25) is 5.91 Å². The fourth-order valence-corrected chi connectivity index (χ4v) is 2.55. The second kappa shape index (κ2) is 5.80. The van der Waals surface area contributed by atoms with E-state index < -0.39 is 0 Å². The minimum absolute atomic E-state index is 0.0791. The van der Waals surface area contributed by atoms with E-state index in [1.165, 1.54) is 0 Å². The molecule has 0 saturated carbocycles. The number of nitrogens with one attached hydrogen (secondary N) is 1. The average Bonchev–Trinajstić information content (AvgIpc) is 2.75. The molecule has 2 atom stereocenters. The summed E-state index contributed by atoms with van der Waals surface area (Å²) in [5.74, 6) is 0.211. The summed E-state index contributed by atoms with van der Waals surface area (Å²) in [5, 5.41) is 3.43. The number of hydrogen-bond donors (Lipinski definition) is 1. The molecule has 5 nitrogen and oxygen atoms in total. The van der Waals surface area contributed by atoms with Gasteiger partial charge in [-0.15, -0.1) is 0 Å². The zero-order valence-corrected chi connectivity index (χ0v) is 10.8. The number of likely N-dealkylation sites (N-methyl/N-ethyl adjacent to an activating group) is 1. The Kier molecular flexibility index (Phi) is 4.36. The Morgan fingerprint density at radius 2 is 2.06 bits per heavy atom. The second-order valence-corrected chi connectivity index (χ2v) is 5.07. The van der Waals surface area contributed by atoms with Crippen LogP contribution in [0.1, 0.15) is 13.3 Å². The molecule has 2 aliphatic rings. The lowest BCUT2D eigenvalue weighted by molar-refractivity contribution is -0.137. The van der Waals surface area contributed by atoms with E-state index in [4.69, 9.17) is 4.74 Å². The molecule has 17 heavy (non-hydrogen) atoms. The number of nitrogens with zero attached hydrogens (tertiary/aromatic N) is 2. The van der Waals surface area contributed by atoms with Gasteiger partial charge in [-0.05, 0) is 26.9 Å². The SMILES string of the molecule is CC(NC1CCN(C)C1)C(=O)N1CCOCC1. The molecule has 0 spiro atoms. The lowest BCUT2D eigenvalue weighted by Crippen LogP contribution is -2.51. The van der Waals surface area contributed by atoms with Gasteiger partial charge in [0.05, 0.1) is 19.3 Å². The summed E-state index contributed by atoms with van der Waals surface area (Å²) in [6.07, 6.45) is 1.14. The van der Waals surface area contributed by atoms with Crippen LogP contribution in [0.4, 0.5) is 0 Å². The van der Waals surface area contributed by atoms with Crippen LogP contribution >= 0.6 is 0 Å². The molecule has 2 heterocycles. The summed E-state index contributed by atoms with van der Waals surface area (Å²) in [6, 6.07) is 0.379. The first-order chi connectivity index (χ1) is 8.16. The number of amides is 1. The van der Waals surface area contributed by atoms with Gasteiger partial charge < -0.3 is 19.9 Å². The van der Waals surface area contributed by atoms with E-state index in [0.29, 0.717) is 19.3 Å². The molecule has 0 aromatic rings. The number of rotatable bonds is 3. The van der Waals surface area contributed by atoms with Crippen molar-refractivity contribution in [1.82, 2.24) is 15.1 Å². The van der Waals surface area contributed by atoms with Crippen molar-refractivity contribution >= 4 is 5.91 Å². The summed E-state index contributed by atoms with van der Waals surface area (Å²) < 4.78 is 5.26. The highest BCUT2D eigenvalue weighted by Crippen LogP contribution is 2.08. The molecule has 0 radical (unpaired) electrons. The molecular formula is C12H23N3O2. The molecule has 1 amide bonds. The third-order valence-corrected chi connectivity index (χ3v) is 3.57. The van der Waals surface area contributed by atoms with Crippen LogP contribution in [-0.4, -0.2) is 74.2 Å². The van der Waals surface area contributed by atoms with Gasteiger partial charge in [0.1, 0.15) is 0 Å². The normalized spacial score (nSPS) is 28.4. The zero-order chi connectivity index (χ0) is 12.3. The molecule has 2 aliphatic heterocycles. The van der Waals surface area contributed by atoms with Crippen LogP contribution in [0, 0.1) is 0 Å². The summed E-state index contributed by atoms with van der Waals surface area (Å²) in [4.78, 5) is 16.4. The molecule has 2 unspecified atom stereocenters. The van der Waals surface area contributed by atoms with Gasteiger partial charge in [0.25, 0.3) is 0 Å². The summed E-state index contributed by atoms with van der Waals surface area (Å²) in [5.41, 5.74) is 0. The maximum atomic E-state index is 12.2. The zero-order valence-electron chi connectivity index (χ0n) is 10.8. The monoisotopic (exact) mass is 241 g/mol. The number of carbonyl (C=O) groups is 1. The predicted octanol–water partition coefficient (Wildman–Crippen LogP) is -0.473. The Labute approximate surface area is 103 Å². The van der Waals surface area contributed by atoms with Crippen LogP contribution in [0.3, 0.4) is 0 Å². The van der Waals surface area contributed by atoms with Crippen molar-refractivity contribution in [3.63, 3.8) is 0 Å². The van der Waals surface area contributed by atoms with Gasteiger partial charge in [-0.1, -0.05) is 0 Å². The van der Waals surface area contributed by atoms with Crippen molar-refractivity contribution in [2.24, 2.45) is 0 Å². The molecule has 5 heteroatoms. The topological polar surface area (TPSA) is 44.8 Å². The lowest BCUT2D eigenvalue weighted by atomic mass is 10.2. The highest BCUT2D eigenvalue weighted by atomic mass is 16.5. The lowest BCUT2D eigenvalue weighted by Gasteiger charge is -2.30. The third-order valence-electron chi connectivity index (χ3n) is 3.57. The maximum Gasteiger partial charge on any atom is 0.239 e. The van der Waals surface area contributed by atoms with Gasteiger partial charge in [-0.2, -0.15) is 0 Å². The van der Waals surface area contributed by atoms with E-state index in [1.807, 2.05) is 11.8 Å². The Morgan fingerprint density at radius 1 is 1.35 bits per heavy atom. The van der Waals surface area contributed by atoms with Crippen molar-refractivity contribution in [1.29, 1.82) is 0 Å². The first-order valence-corrected chi connectivity index (χ1v) is 6.48. The highest BCUT2D eigenvalue weighted by Gasteiger charge is 2.26. The number of morpholine rings is 1. The molecule has 2 saturated heterocycles. The standard InChI is InChI=1S/C12H23N3O2/c1-10(13-11-3-4-14(2)9-11)12(16)15-5-7-17-8-6-15/h10-11,13H,3-9H2,1-2H3. The fraction of sp³-hybridized carbons (Fsp3) is 0.917. The second-order valence-electron chi connectivity index (χ2n) is 5.07. The molecular weight excluding hydrogens is 218 g/mol. The van der Waals surface area contributed by atoms with Crippen molar-refractivity contribution in [2.75, 3.05) is 46.4 Å². The molecule has 2 fully saturated rings. The van der Waals surface area contributed by atoms with Crippen molar-refractivity contribution < 1.29 is 9.53 Å². The number of ether oxygens (including phenoxy) is 1. The minimum atomic E-state index is -0.0791. The van der Waals surface area contributed by atoms with Crippen LogP contribution in [-0.2, 0) is 9.53 Å². The maximum absolute atomic E-state index is 12.2. The third kappa shape index (κ3) is 3.40. The van der Waals surface area contributed by atoms with E-state index in [-0.39, 0.29) is 11.9 Å². The van der Waals surface area contributed by atoms with Gasteiger partial charge in [0, 0.05) is 25.7 Å². The van der Waals surface area contributed by atoms with Gasteiger partial charge in [-0.3, -0.25) is 4.79 Å². The summed E-state index contributed by atoms with van der Waals surface area (Å²) >= 11 is 0. The predicted molar refractivity (Wildman–Crippen MR) is 65.9 cm³/mol. The molecule has 98 valence electrons. The van der Waals surface area contributed by atoms with Crippen LogP contribution in [0.25, 0.3) is 0 Å². The van der Waals surface area contributed by atoms with E-state index in [0.717, 1.165) is 32.6 Å². The van der Waals surface area contributed by atoms with E-state index >= 15 is 0 Å². The number of hydrogen-bond acceptors (Lipinski definition) is 4. The summed E-state index contributed by atoms with van der Waals surface area (Å²) in [7, 11) is 2.12. The number of likely N-dealkylation sites (tertiary alicyclic amines) is 1. The molecule has 0 aromatic carbocycles. The van der Waals surface area contributed by atoms with Gasteiger partial charge in [-0.25, -0.2) is 0 Å². The van der Waals surface area contributed by atoms with Gasteiger partial charge in [0.15, 0.2) is 0 Å². The fourth-order valence-electron chi connectivity index (χ4n) is 2.55. The van der Waals surface area contributed by atoms with Crippen LogP contribution in [0.2, 0.25) is 0 Å². The quantitative estimate of drug-likeness (QED) is 0.725. The molecule has 0 aromatic heterocycles. The average molecular weight is 241 g/mol. The van der Waals surface area contributed by atoms with Crippen molar-refractivity contribution in [3.8, 4) is 0 Å². The highest BCUT2D eigenvalue weighted by molar-refractivity contribution is 5.81. The smallest absolute Gasteiger partial charge is 0.239 e. The number of carbonyl (C=O) groups excluding carboxylic acids is 1. The Morgan fingerprint density at radius 3 is 2.65 bits per heavy atom. The van der Waals surface area contributed by atoms with Crippen molar-refractivity contribution in [2.45, 2.75) is 25.4 Å². The van der Waals surface area contributed by atoms with Crippen LogP contribution < -0.4 is 5.32 Å². The summed E-state index contributed by atoms with van der Waals surface area (Å²) in [6.45, 7) is 6.94. The van der Waals surface area contributed by atoms with Gasteiger partial charge >= 0.3 is 0 Å². The molecule has 0 aliphatic carbocycles. The molecule has 1 N–H and O–H groups in total. The molecule has 0 bridgehead atoms. The first-order valence-electron chi connectivity index (χ1n) is 6.48. The first kappa shape index (κ1) is 12.8. The van der Waals surface area contributed by atoms with Crippen LogP contribution in [0.5, 0.6) is 0 Å². The molecule has 2 rings (SSSR count). The van der Waals surface area contributed by atoms with Crippen molar-refractivity contribution in [3.05, 3.63) is 0 Å². The Bertz CT molecular complexity index is 266. The van der Waals surface area contributed by atoms with E-state index in [2.05, 4.69) is 17.3 Å². The van der Waals surface area contributed by atoms with Crippen LogP contribution in [0.15, 0.2) is 0 Å². The van der Waals surface area contributed by atoms with E-state index in [1.54, 1.807) is 0 Å². The largest absolute Gasteiger partial charge is 0.378 e. The van der Waals surface area contributed by atoms with E-state index in [9.17, 15) is 4.79 Å². The Hall–Kier alpha value is -0.650. The Balaban J connectivity index is 1.78.